The molecule has 6 heteroatoms. The summed E-state index contributed by atoms with van der Waals surface area (Å²) in [6.07, 6.45) is 3.50. The van der Waals surface area contributed by atoms with Gasteiger partial charge in [-0.2, -0.15) is 5.48 Å². The van der Waals surface area contributed by atoms with Crippen LogP contribution in [-0.4, -0.2) is 34.3 Å². The van der Waals surface area contributed by atoms with E-state index < -0.39 is 0 Å². The molecule has 0 aliphatic heterocycles. The Morgan fingerprint density at radius 2 is 1.78 bits per heavy atom. The first-order chi connectivity index (χ1) is 13.2. The minimum absolute atomic E-state index is 0.649. The van der Waals surface area contributed by atoms with E-state index in [1.54, 1.807) is 12.4 Å². The molecule has 4 rings (SSSR count). The minimum atomic E-state index is 0.649. The molecule has 0 unspecified atom stereocenters. The first kappa shape index (κ1) is 17.1. The third-order valence-corrected chi connectivity index (χ3v) is 4.43. The van der Waals surface area contributed by atoms with Gasteiger partial charge < -0.3 is 4.90 Å². The normalized spacial score (nSPS) is 10.9. The third-order valence-electron chi connectivity index (χ3n) is 4.43. The van der Waals surface area contributed by atoms with Gasteiger partial charge in [-0.1, -0.05) is 18.2 Å². The van der Waals surface area contributed by atoms with Crippen LogP contribution in [0.1, 0.15) is 0 Å². The summed E-state index contributed by atoms with van der Waals surface area (Å²) in [5.74, 6) is 1.49. The van der Waals surface area contributed by atoms with Crippen molar-refractivity contribution in [2.24, 2.45) is 0 Å². The van der Waals surface area contributed by atoms with Gasteiger partial charge in [-0.15, -0.1) is 0 Å². The highest BCUT2D eigenvalue weighted by Crippen LogP contribution is 2.32. The smallest absolute Gasteiger partial charge is 0.169 e. The molecule has 2 aromatic carbocycles. The van der Waals surface area contributed by atoms with Gasteiger partial charge in [-0.3, -0.25) is 4.98 Å². The molecule has 0 bridgehead atoms. The molecule has 0 spiro atoms. The van der Waals surface area contributed by atoms with E-state index in [-0.39, 0.29) is 0 Å². The molecule has 2 heterocycles. The number of rotatable bonds is 4. The first-order valence-corrected chi connectivity index (χ1v) is 8.64. The maximum absolute atomic E-state index is 9.53. The molecule has 0 aliphatic carbocycles. The Bertz CT molecular complexity index is 1100. The van der Waals surface area contributed by atoms with Crippen molar-refractivity contribution in [2.75, 3.05) is 19.0 Å². The van der Waals surface area contributed by atoms with Gasteiger partial charge in [-0.05, 0) is 35.9 Å². The summed E-state index contributed by atoms with van der Waals surface area (Å²) < 4.78 is 0. The number of para-hydroxylation sites is 1. The maximum atomic E-state index is 9.53. The largest absolute Gasteiger partial charge is 0.362 e. The molecular formula is C21H20N5O+. The van der Waals surface area contributed by atoms with E-state index in [0.29, 0.717) is 5.82 Å². The van der Waals surface area contributed by atoms with Gasteiger partial charge in [-0.25, -0.2) is 15.2 Å². The lowest BCUT2D eigenvalue weighted by atomic mass is 10.0. The monoisotopic (exact) mass is 358 g/mol. The topological polar surface area (TPSA) is 78.8 Å². The van der Waals surface area contributed by atoms with Crippen molar-refractivity contribution in [2.45, 2.75) is 0 Å². The van der Waals surface area contributed by atoms with Crippen molar-refractivity contribution < 1.29 is 10.7 Å². The van der Waals surface area contributed by atoms with Crippen LogP contribution in [-0.2, 0) is 0 Å². The van der Waals surface area contributed by atoms with Crippen LogP contribution >= 0.6 is 0 Å². The first-order valence-electron chi connectivity index (χ1n) is 8.64. The molecule has 0 amide bonds. The number of nitrogens with two attached hydrogens (primary N) is 1. The number of nitrogens with zero attached hydrogens (tertiary/aromatic N) is 4. The summed E-state index contributed by atoms with van der Waals surface area (Å²) in [4.78, 5) is 15.6. The lowest BCUT2D eigenvalue weighted by Crippen LogP contribution is -2.73. The highest BCUT2D eigenvalue weighted by Gasteiger charge is 2.14. The Hall–Kier alpha value is -3.35. The van der Waals surface area contributed by atoms with Gasteiger partial charge in [0.25, 0.3) is 0 Å². The van der Waals surface area contributed by atoms with E-state index in [1.807, 2.05) is 67.5 Å². The fourth-order valence-electron chi connectivity index (χ4n) is 3.12. The van der Waals surface area contributed by atoms with Crippen LogP contribution in [0.2, 0.25) is 0 Å². The summed E-state index contributed by atoms with van der Waals surface area (Å²) in [5, 5.41) is 10.5. The molecule has 4 aromatic rings. The summed E-state index contributed by atoms with van der Waals surface area (Å²) in [6.45, 7) is 0. The number of aromatic nitrogens is 3. The second-order valence-electron chi connectivity index (χ2n) is 6.46. The zero-order valence-electron chi connectivity index (χ0n) is 15.2. The number of pyridine rings is 1. The van der Waals surface area contributed by atoms with Crippen LogP contribution in [0.15, 0.2) is 67.0 Å². The Morgan fingerprint density at radius 1 is 0.926 bits per heavy atom. The van der Waals surface area contributed by atoms with Crippen molar-refractivity contribution in [3.05, 3.63) is 67.0 Å². The van der Waals surface area contributed by atoms with Gasteiger partial charge in [0.2, 0.25) is 0 Å². The van der Waals surface area contributed by atoms with Gasteiger partial charge in [0.1, 0.15) is 5.82 Å². The van der Waals surface area contributed by atoms with Crippen molar-refractivity contribution >= 4 is 22.4 Å². The predicted molar refractivity (Wildman–Crippen MR) is 106 cm³/mol. The van der Waals surface area contributed by atoms with E-state index in [1.165, 1.54) is 0 Å². The summed E-state index contributed by atoms with van der Waals surface area (Å²) >= 11 is 0. The average molecular weight is 358 g/mol. The number of benzene rings is 2. The van der Waals surface area contributed by atoms with Crippen LogP contribution in [0.25, 0.3) is 33.4 Å². The summed E-state index contributed by atoms with van der Waals surface area (Å²) in [7, 11) is 3.94. The fraction of sp³-hybridized carbons (Fsp3) is 0.0952. The third kappa shape index (κ3) is 3.23. The molecule has 0 radical (unpaired) electrons. The van der Waals surface area contributed by atoms with E-state index in [2.05, 4.69) is 11.1 Å². The molecule has 2 aromatic heterocycles. The molecule has 0 saturated heterocycles. The van der Waals surface area contributed by atoms with E-state index in [4.69, 9.17) is 9.97 Å². The Kier molecular flexibility index (Phi) is 4.50. The van der Waals surface area contributed by atoms with Crippen molar-refractivity contribution in [3.8, 4) is 22.5 Å². The lowest BCUT2D eigenvalue weighted by Gasteiger charge is -2.16. The van der Waals surface area contributed by atoms with Crippen LogP contribution < -0.4 is 10.4 Å². The number of anilines is 1. The van der Waals surface area contributed by atoms with Gasteiger partial charge in [0, 0.05) is 49.1 Å². The number of fused-ring (bicyclic) bond motifs is 1. The quantitative estimate of drug-likeness (QED) is 0.433. The zero-order chi connectivity index (χ0) is 18.8. The highest BCUT2D eigenvalue weighted by molar-refractivity contribution is 5.95. The molecule has 27 heavy (non-hydrogen) atoms. The SMILES string of the molecule is CN(C)c1nc(-c2cccnc2)nc2ccc(-c3ccccc3[NH2+]O)cc12. The molecule has 3 N–H and O–H groups in total. The molecule has 134 valence electrons. The second-order valence-corrected chi connectivity index (χ2v) is 6.46. The number of quaternary nitrogens is 1. The van der Waals surface area contributed by atoms with Crippen LogP contribution in [0.5, 0.6) is 0 Å². The average Bonchev–Trinajstić information content (AvgIpc) is 2.73. The van der Waals surface area contributed by atoms with E-state index >= 15 is 0 Å². The van der Waals surface area contributed by atoms with Crippen molar-refractivity contribution in [3.63, 3.8) is 0 Å². The Balaban J connectivity index is 1.92. The molecule has 0 atom stereocenters. The highest BCUT2D eigenvalue weighted by atomic mass is 16.5. The summed E-state index contributed by atoms with van der Waals surface area (Å²) in [6, 6.07) is 17.6. The Morgan fingerprint density at radius 3 is 2.52 bits per heavy atom. The minimum Gasteiger partial charge on any atom is -0.362 e. The second kappa shape index (κ2) is 7.11. The molecule has 0 saturated carbocycles. The molecular weight excluding hydrogens is 338 g/mol. The van der Waals surface area contributed by atoms with Crippen LogP contribution in [0.3, 0.4) is 0 Å². The van der Waals surface area contributed by atoms with Gasteiger partial charge in [0.15, 0.2) is 11.5 Å². The van der Waals surface area contributed by atoms with Crippen molar-refractivity contribution in [1.29, 1.82) is 0 Å². The van der Waals surface area contributed by atoms with Gasteiger partial charge in [0.05, 0.1) is 5.52 Å². The van der Waals surface area contributed by atoms with Crippen LogP contribution in [0.4, 0.5) is 11.5 Å². The molecule has 6 nitrogen and oxygen atoms in total. The van der Waals surface area contributed by atoms with Crippen molar-refractivity contribution in [1.82, 2.24) is 15.0 Å². The van der Waals surface area contributed by atoms with E-state index in [0.717, 1.165) is 44.6 Å². The maximum Gasteiger partial charge on any atom is 0.169 e. The van der Waals surface area contributed by atoms with Crippen LogP contribution in [0, 0.1) is 0 Å². The fourth-order valence-corrected chi connectivity index (χ4v) is 3.12. The zero-order valence-corrected chi connectivity index (χ0v) is 15.2. The molecule has 0 aliphatic rings. The number of hydrogen-bond acceptors (Lipinski definition) is 5. The van der Waals surface area contributed by atoms with E-state index in [9.17, 15) is 5.21 Å². The lowest BCUT2D eigenvalue weighted by molar-refractivity contribution is -0.825. The molecule has 0 fully saturated rings. The summed E-state index contributed by atoms with van der Waals surface area (Å²) in [5.41, 5.74) is 5.62. The van der Waals surface area contributed by atoms with Gasteiger partial charge >= 0.3 is 0 Å². The standard InChI is InChI=1S/C21H19N5O/c1-26(2)21-17-12-14(16-7-3-4-8-19(16)25-27)9-10-18(17)23-20(24-21)15-6-5-11-22-13-15/h3-13,25,27H,1-2H3/p+1. The predicted octanol–water partition coefficient (Wildman–Crippen LogP) is 3.01. The number of hydrogen-bond donors (Lipinski definition) is 2. The Labute approximate surface area is 157 Å².